The van der Waals surface area contributed by atoms with Crippen LogP contribution >= 0.6 is 0 Å². The fourth-order valence-electron chi connectivity index (χ4n) is 2.14. The Morgan fingerprint density at radius 1 is 1.12 bits per heavy atom. The molecule has 1 heterocycles. The topological polar surface area (TPSA) is 66.5 Å². The van der Waals surface area contributed by atoms with Gasteiger partial charge in [0.05, 0.1) is 18.0 Å². The van der Waals surface area contributed by atoms with Crippen molar-refractivity contribution < 1.29 is 9.53 Å². The summed E-state index contributed by atoms with van der Waals surface area (Å²) < 4.78 is 5.62. The molecule has 0 saturated carbocycles. The number of carbonyl (C=O) groups is 1. The molecule has 6 heteroatoms. The minimum absolute atomic E-state index is 0.152. The molecular weight excluding hydrogens is 316 g/mol. The van der Waals surface area contributed by atoms with Gasteiger partial charge < -0.3 is 20.3 Å². The van der Waals surface area contributed by atoms with Crippen LogP contribution in [-0.2, 0) is 0 Å². The molecule has 0 bridgehead atoms. The van der Waals surface area contributed by atoms with Gasteiger partial charge in [-0.15, -0.1) is 0 Å². The molecule has 25 heavy (non-hydrogen) atoms. The number of ether oxygens (including phenoxy) is 1. The molecule has 0 fully saturated rings. The van der Waals surface area contributed by atoms with E-state index in [2.05, 4.69) is 15.6 Å². The first-order valence-corrected chi connectivity index (χ1v) is 8.37. The van der Waals surface area contributed by atoms with E-state index in [1.807, 2.05) is 63.2 Å². The summed E-state index contributed by atoms with van der Waals surface area (Å²) in [6.45, 7) is 5.38. The summed E-state index contributed by atoms with van der Waals surface area (Å²) in [5.74, 6) is 0.673. The number of carbonyl (C=O) groups excluding carboxylic acids is 1. The lowest BCUT2D eigenvalue weighted by molar-refractivity contribution is 0.0946. The highest BCUT2D eigenvalue weighted by Crippen LogP contribution is 2.20. The first kappa shape index (κ1) is 18.7. The highest BCUT2D eigenvalue weighted by Gasteiger charge is 2.07. The van der Waals surface area contributed by atoms with Crippen LogP contribution in [0.1, 0.15) is 24.3 Å². The number of rotatable bonds is 8. The molecule has 1 aromatic heterocycles. The zero-order chi connectivity index (χ0) is 18.2. The van der Waals surface area contributed by atoms with Crippen molar-refractivity contribution in [3.8, 4) is 5.75 Å². The van der Waals surface area contributed by atoms with Crippen molar-refractivity contribution in [2.75, 3.05) is 32.5 Å². The number of amides is 1. The van der Waals surface area contributed by atoms with E-state index in [9.17, 15) is 4.79 Å². The molecule has 0 spiro atoms. The van der Waals surface area contributed by atoms with Gasteiger partial charge in [-0.3, -0.25) is 4.79 Å². The van der Waals surface area contributed by atoms with Crippen molar-refractivity contribution in [2.24, 2.45) is 0 Å². The smallest absolute Gasteiger partial charge is 0.269 e. The molecule has 0 aliphatic heterocycles. The Hall–Kier alpha value is -2.60. The minimum Gasteiger partial charge on any atom is -0.491 e. The summed E-state index contributed by atoms with van der Waals surface area (Å²) in [5, 5.41) is 6.10. The Labute approximate surface area is 149 Å². The molecule has 0 atom stereocenters. The van der Waals surface area contributed by atoms with Gasteiger partial charge in [-0.25, -0.2) is 4.98 Å². The van der Waals surface area contributed by atoms with Crippen molar-refractivity contribution >= 4 is 17.3 Å². The van der Waals surface area contributed by atoms with Crippen molar-refractivity contribution in [1.29, 1.82) is 0 Å². The largest absolute Gasteiger partial charge is 0.491 e. The van der Waals surface area contributed by atoms with Crippen LogP contribution < -0.4 is 15.4 Å². The van der Waals surface area contributed by atoms with Crippen molar-refractivity contribution in [2.45, 2.75) is 20.0 Å². The fraction of sp³-hybridized carbons (Fsp3) is 0.368. The summed E-state index contributed by atoms with van der Waals surface area (Å²) in [7, 11) is 3.93. The lowest BCUT2D eigenvalue weighted by Crippen LogP contribution is -2.31. The molecule has 0 unspecified atom stereocenters. The maximum atomic E-state index is 12.0. The van der Waals surface area contributed by atoms with E-state index < -0.39 is 0 Å². The SMILES string of the molecule is CC(C)Oc1ccc(Nc2ccc(C(=O)NCCN(C)C)nc2)cc1. The molecule has 134 valence electrons. The molecule has 2 N–H and O–H groups in total. The van der Waals surface area contributed by atoms with Gasteiger partial charge in [0.25, 0.3) is 5.91 Å². The number of likely N-dealkylation sites (N-methyl/N-ethyl adjacent to an activating group) is 1. The van der Waals surface area contributed by atoms with Gasteiger partial charge in [0.15, 0.2) is 0 Å². The second-order valence-corrected chi connectivity index (χ2v) is 6.31. The Morgan fingerprint density at radius 3 is 2.36 bits per heavy atom. The summed E-state index contributed by atoms with van der Waals surface area (Å²) in [4.78, 5) is 18.2. The minimum atomic E-state index is -0.163. The molecule has 0 aliphatic carbocycles. The standard InChI is InChI=1S/C19H26N4O2/c1-14(2)25-17-8-5-15(6-9-17)22-16-7-10-18(21-13-16)19(24)20-11-12-23(3)4/h5-10,13-14,22H,11-12H2,1-4H3,(H,20,24). The molecule has 0 radical (unpaired) electrons. The number of anilines is 2. The van der Waals surface area contributed by atoms with Crippen LogP contribution in [0.5, 0.6) is 5.75 Å². The van der Waals surface area contributed by atoms with Gasteiger partial charge in [0.1, 0.15) is 11.4 Å². The second kappa shape index (κ2) is 9.03. The van der Waals surface area contributed by atoms with Gasteiger partial charge in [-0.1, -0.05) is 0 Å². The Kier molecular flexibility index (Phi) is 6.77. The molecule has 0 saturated heterocycles. The van der Waals surface area contributed by atoms with Crippen LogP contribution in [0.3, 0.4) is 0 Å². The maximum Gasteiger partial charge on any atom is 0.269 e. The molecule has 1 aromatic carbocycles. The van der Waals surface area contributed by atoms with Crippen LogP contribution in [-0.4, -0.2) is 49.1 Å². The Bertz CT molecular complexity index is 667. The number of nitrogens with zero attached hydrogens (tertiary/aromatic N) is 2. The molecule has 0 aliphatic rings. The van der Waals surface area contributed by atoms with Gasteiger partial charge in [-0.2, -0.15) is 0 Å². The normalized spacial score (nSPS) is 10.8. The highest BCUT2D eigenvalue weighted by atomic mass is 16.5. The predicted octanol–water partition coefficient (Wildman–Crippen LogP) is 2.90. The second-order valence-electron chi connectivity index (χ2n) is 6.31. The molecule has 2 aromatic rings. The lowest BCUT2D eigenvalue weighted by Gasteiger charge is -2.12. The Morgan fingerprint density at radius 2 is 1.80 bits per heavy atom. The van der Waals surface area contributed by atoms with E-state index in [1.165, 1.54) is 0 Å². The van der Waals surface area contributed by atoms with Crippen LogP contribution in [0.25, 0.3) is 0 Å². The molecule has 2 rings (SSSR count). The number of pyridine rings is 1. The molecular formula is C19H26N4O2. The van der Waals surface area contributed by atoms with E-state index in [-0.39, 0.29) is 12.0 Å². The summed E-state index contributed by atoms with van der Waals surface area (Å²) in [6, 6.07) is 11.3. The average Bonchev–Trinajstić information content (AvgIpc) is 2.56. The third-order valence-electron chi connectivity index (χ3n) is 3.36. The number of aromatic nitrogens is 1. The zero-order valence-corrected chi connectivity index (χ0v) is 15.2. The van der Waals surface area contributed by atoms with Gasteiger partial charge in [0, 0.05) is 18.8 Å². The first-order valence-electron chi connectivity index (χ1n) is 8.37. The summed E-state index contributed by atoms with van der Waals surface area (Å²) >= 11 is 0. The molecule has 6 nitrogen and oxygen atoms in total. The fourth-order valence-corrected chi connectivity index (χ4v) is 2.14. The highest BCUT2D eigenvalue weighted by molar-refractivity contribution is 5.92. The number of nitrogens with one attached hydrogen (secondary N) is 2. The third kappa shape index (κ3) is 6.43. The number of benzene rings is 1. The molecule has 1 amide bonds. The predicted molar refractivity (Wildman–Crippen MR) is 101 cm³/mol. The zero-order valence-electron chi connectivity index (χ0n) is 15.2. The first-order chi connectivity index (χ1) is 11.9. The number of hydrogen-bond donors (Lipinski definition) is 2. The van der Waals surface area contributed by atoms with Crippen LogP contribution in [0.2, 0.25) is 0 Å². The van der Waals surface area contributed by atoms with E-state index >= 15 is 0 Å². The van der Waals surface area contributed by atoms with Gasteiger partial charge in [0.2, 0.25) is 0 Å². The van der Waals surface area contributed by atoms with E-state index in [0.29, 0.717) is 12.2 Å². The van der Waals surface area contributed by atoms with Crippen molar-refractivity contribution in [1.82, 2.24) is 15.2 Å². The Balaban J connectivity index is 1.90. The average molecular weight is 342 g/mol. The van der Waals surface area contributed by atoms with Crippen LogP contribution in [0.15, 0.2) is 42.6 Å². The van der Waals surface area contributed by atoms with Crippen molar-refractivity contribution in [3.63, 3.8) is 0 Å². The lowest BCUT2D eigenvalue weighted by atomic mass is 10.2. The quantitative estimate of drug-likeness (QED) is 0.772. The number of hydrogen-bond acceptors (Lipinski definition) is 5. The van der Waals surface area contributed by atoms with Crippen LogP contribution in [0, 0.1) is 0 Å². The van der Waals surface area contributed by atoms with E-state index in [4.69, 9.17) is 4.74 Å². The van der Waals surface area contributed by atoms with Gasteiger partial charge in [-0.05, 0) is 64.3 Å². The maximum absolute atomic E-state index is 12.0. The van der Waals surface area contributed by atoms with E-state index in [0.717, 1.165) is 23.7 Å². The van der Waals surface area contributed by atoms with E-state index in [1.54, 1.807) is 12.3 Å². The van der Waals surface area contributed by atoms with Crippen molar-refractivity contribution in [3.05, 3.63) is 48.3 Å². The van der Waals surface area contributed by atoms with Gasteiger partial charge >= 0.3 is 0 Å². The summed E-state index contributed by atoms with van der Waals surface area (Å²) in [5.41, 5.74) is 2.16. The summed E-state index contributed by atoms with van der Waals surface area (Å²) in [6.07, 6.45) is 1.80. The third-order valence-corrected chi connectivity index (χ3v) is 3.36. The monoisotopic (exact) mass is 342 g/mol. The van der Waals surface area contributed by atoms with Crippen LogP contribution in [0.4, 0.5) is 11.4 Å².